The Balaban J connectivity index is 1.37. The maximum atomic E-state index is 15.0. The van der Waals surface area contributed by atoms with Gasteiger partial charge in [-0.3, -0.25) is 0 Å². The minimum atomic E-state index is -0.870. The van der Waals surface area contributed by atoms with Gasteiger partial charge in [-0.2, -0.15) is 0 Å². The molecule has 4 aromatic carbocycles. The van der Waals surface area contributed by atoms with Crippen LogP contribution in [0.2, 0.25) is 0 Å². The van der Waals surface area contributed by atoms with Gasteiger partial charge in [0, 0.05) is 11.1 Å². The molecule has 0 fully saturated rings. The van der Waals surface area contributed by atoms with Crippen molar-refractivity contribution in [3.05, 3.63) is 113 Å². The van der Waals surface area contributed by atoms with Gasteiger partial charge in [-0.15, -0.1) is 0 Å². The smallest absolute Gasteiger partial charge is 0.167 e. The Morgan fingerprint density at radius 2 is 1.15 bits per heavy atom. The van der Waals surface area contributed by atoms with Crippen molar-refractivity contribution < 1.29 is 17.9 Å². The third-order valence-corrected chi connectivity index (χ3v) is 6.85. The predicted molar refractivity (Wildman–Crippen MR) is 156 cm³/mol. The van der Waals surface area contributed by atoms with Crippen LogP contribution in [0.15, 0.2) is 78.9 Å². The van der Waals surface area contributed by atoms with Crippen LogP contribution in [0.3, 0.4) is 0 Å². The molecule has 0 N–H and O–H groups in total. The van der Waals surface area contributed by atoms with E-state index in [1.54, 1.807) is 42.5 Å². The zero-order valence-corrected chi connectivity index (χ0v) is 22.7. The Labute approximate surface area is 230 Å². The number of rotatable bonds is 12. The van der Waals surface area contributed by atoms with Gasteiger partial charge in [0.1, 0.15) is 0 Å². The molecule has 0 unspecified atom stereocenters. The average molecular weight is 529 g/mol. The van der Waals surface area contributed by atoms with E-state index in [4.69, 9.17) is 4.74 Å². The quantitative estimate of drug-likeness (QED) is 0.131. The maximum absolute atomic E-state index is 15.0. The van der Waals surface area contributed by atoms with E-state index in [0.29, 0.717) is 23.3 Å². The summed E-state index contributed by atoms with van der Waals surface area (Å²) in [6, 6.07) is 22.6. The molecule has 0 spiro atoms. The van der Waals surface area contributed by atoms with Crippen molar-refractivity contribution >= 4 is 12.2 Å². The molecular weight excluding hydrogens is 493 g/mol. The molecule has 0 atom stereocenters. The number of aryl methyl sites for hydroxylation is 1. The molecule has 0 aliphatic rings. The Kier molecular flexibility index (Phi) is 10.0. The van der Waals surface area contributed by atoms with Gasteiger partial charge in [-0.1, -0.05) is 123 Å². The SMILES string of the molecule is CCCCCCCCOc1ccc(/C=C/c2ccc(-c3ccc(-c4ccc(C)cc4)c(F)c3F)cc2)cc1F. The molecular formula is C35H35F3O. The summed E-state index contributed by atoms with van der Waals surface area (Å²) in [5.74, 6) is -1.84. The number of hydrogen-bond acceptors (Lipinski definition) is 1. The van der Waals surface area contributed by atoms with E-state index in [2.05, 4.69) is 6.92 Å². The zero-order chi connectivity index (χ0) is 27.6. The summed E-state index contributed by atoms with van der Waals surface area (Å²) in [7, 11) is 0. The highest BCUT2D eigenvalue weighted by molar-refractivity contribution is 5.74. The Bertz CT molecular complexity index is 1390. The molecule has 0 saturated carbocycles. The number of unbranched alkanes of at least 4 members (excludes halogenated alkanes) is 5. The van der Waals surface area contributed by atoms with Gasteiger partial charge in [-0.25, -0.2) is 13.2 Å². The first kappa shape index (κ1) is 28.2. The number of ether oxygens (including phenoxy) is 1. The monoisotopic (exact) mass is 528 g/mol. The Morgan fingerprint density at radius 1 is 0.615 bits per heavy atom. The van der Waals surface area contributed by atoms with Crippen LogP contribution >= 0.6 is 0 Å². The van der Waals surface area contributed by atoms with Crippen LogP contribution < -0.4 is 4.74 Å². The second kappa shape index (κ2) is 13.8. The highest BCUT2D eigenvalue weighted by Gasteiger charge is 2.16. The molecule has 4 aromatic rings. The maximum Gasteiger partial charge on any atom is 0.167 e. The highest BCUT2D eigenvalue weighted by Crippen LogP contribution is 2.32. The van der Waals surface area contributed by atoms with Crippen LogP contribution in [-0.4, -0.2) is 6.61 Å². The first-order valence-electron chi connectivity index (χ1n) is 13.7. The van der Waals surface area contributed by atoms with Crippen molar-refractivity contribution in [1.29, 1.82) is 0 Å². The van der Waals surface area contributed by atoms with Crippen molar-refractivity contribution in [2.75, 3.05) is 6.61 Å². The fourth-order valence-electron chi connectivity index (χ4n) is 4.50. The number of hydrogen-bond donors (Lipinski definition) is 0. The summed E-state index contributed by atoms with van der Waals surface area (Å²) in [4.78, 5) is 0. The van der Waals surface area contributed by atoms with Gasteiger partial charge in [0.15, 0.2) is 23.2 Å². The molecule has 39 heavy (non-hydrogen) atoms. The molecule has 0 saturated heterocycles. The number of benzene rings is 4. The van der Waals surface area contributed by atoms with E-state index in [9.17, 15) is 13.2 Å². The summed E-state index contributed by atoms with van der Waals surface area (Å²) in [5.41, 5.74) is 4.29. The van der Waals surface area contributed by atoms with Crippen LogP contribution in [0.1, 0.15) is 62.1 Å². The predicted octanol–water partition coefficient (Wildman–Crippen LogP) is 10.7. The van der Waals surface area contributed by atoms with Crippen molar-refractivity contribution in [3.8, 4) is 28.0 Å². The summed E-state index contributed by atoms with van der Waals surface area (Å²) in [5, 5.41) is 0. The number of halogens is 3. The lowest BCUT2D eigenvalue weighted by atomic mass is 9.97. The second-order valence-corrected chi connectivity index (χ2v) is 9.92. The first-order valence-corrected chi connectivity index (χ1v) is 13.7. The van der Waals surface area contributed by atoms with Gasteiger partial charge in [0.05, 0.1) is 6.61 Å². The molecule has 0 amide bonds. The molecule has 0 bridgehead atoms. The fraction of sp³-hybridized carbons (Fsp3) is 0.257. The Hall–Kier alpha value is -3.79. The van der Waals surface area contributed by atoms with Gasteiger partial charge >= 0.3 is 0 Å². The third-order valence-electron chi connectivity index (χ3n) is 6.85. The van der Waals surface area contributed by atoms with Crippen LogP contribution in [0, 0.1) is 24.4 Å². The lowest BCUT2D eigenvalue weighted by molar-refractivity contribution is 0.290. The van der Waals surface area contributed by atoms with Crippen LogP contribution in [-0.2, 0) is 0 Å². The molecule has 0 aromatic heterocycles. The van der Waals surface area contributed by atoms with Crippen molar-refractivity contribution in [1.82, 2.24) is 0 Å². The minimum Gasteiger partial charge on any atom is -0.491 e. The van der Waals surface area contributed by atoms with Crippen molar-refractivity contribution in [3.63, 3.8) is 0 Å². The normalized spacial score (nSPS) is 11.3. The summed E-state index contributed by atoms with van der Waals surface area (Å²) in [6.45, 7) is 4.66. The van der Waals surface area contributed by atoms with E-state index < -0.39 is 11.6 Å². The molecule has 4 rings (SSSR count). The van der Waals surface area contributed by atoms with E-state index in [0.717, 1.165) is 24.0 Å². The lowest BCUT2D eigenvalue weighted by Gasteiger charge is -2.10. The molecule has 0 radical (unpaired) electrons. The largest absolute Gasteiger partial charge is 0.491 e. The van der Waals surface area contributed by atoms with Crippen molar-refractivity contribution in [2.24, 2.45) is 0 Å². The van der Waals surface area contributed by atoms with Crippen LogP contribution in [0.25, 0.3) is 34.4 Å². The Morgan fingerprint density at radius 3 is 1.77 bits per heavy atom. The molecule has 0 aliphatic carbocycles. The van der Waals surface area contributed by atoms with Gasteiger partial charge in [0.2, 0.25) is 0 Å². The van der Waals surface area contributed by atoms with E-state index in [1.165, 1.54) is 31.7 Å². The van der Waals surface area contributed by atoms with E-state index in [1.807, 2.05) is 49.4 Å². The summed E-state index contributed by atoms with van der Waals surface area (Å²) >= 11 is 0. The minimum absolute atomic E-state index is 0.206. The van der Waals surface area contributed by atoms with E-state index >= 15 is 0 Å². The highest BCUT2D eigenvalue weighted by atomic mass is 19.2. The van der Waals surface area contributed by atoms with Gasteiger partial charge in [0.25, 0.3) is 0 Å². The van der Waals surface area contributed by atoms with Crippen molar-refractivity contribution in [2.45, 2.75) is 52.4 Å². The topological polar surface area (TPSA) is 9.23 Å². The molecule has 1 nitrogen and oxygen atoms in total. The summed E-state index contributed by atoms with van der Waals surface area (Å²) < 4.78 is 50.0. The molecule has 0 aliphatic heterocycles. The van der Waals surface area contributed by atoms with Gasteiger partial charge < -0.3 is 4.74 Å². The van der Waals surface area contributed by atoms with Gasteiger partial charge in [-0.05, 0) is 47.7 Å². The standard InChI is InChI=1S/C35H35F3O/c1-3-4-5-6-7-8-23-39-33-22-15-27(24-32(33)36)12-11-26-13-18-29(19-14-26)31-21-20-30(34(37)35(31)38)28-16-9-25(2)10-17-28/h9-22,24H,3-8,23H2,1-2H3/b12-11+. The third kappa shape index (κ3) is 7.63. The van der Waals surface area contributed by atoms with E-state index in [-0.39, 0.29) is 22.7 Å². The van der Waals surface area contributed by atoms with Crippen LogP contribution in [0.4, 0.5) is 13.2 Å². The fourth-order valence-corrected chi connectivity index (χ4v) is 4.50. The molecule has 4 heteroatoms. The molecule has 202 valence electrons. The molecule has 0 heterocycles. The second-order valence-electron chi connectivity index (χ2n) is 9.92. The zero-order valence-electron chi connectivity index (χ0n) is 22.7. The van der Waals surface area contributed by atoms with Crippen LogP contribution in [0.5, 0.6) is 5.75 Å². The lowest BCUT2D eigenvalue weighted by Crippen LogP contribution is -1.99. The summed E-state index contributed by atoms with van der Waals surface area (Å²) in [6.07, 6.45) is 10.6. The first-order chi connectivity index (χ1) is 19.0. The average Bonchev–Trinajstić information content (AvgIpc) is 2.95.